The summed E-state index contributed by atoms with van der Waals surface area (Å²) in [6.07, 6.45) is 0. The van der Waals surface area contributed by atoms with Crippen LogP contribution in [0.5, 0.6) is 0 Å². The van der Waals surface area contributed by atoms with Crippen molar-refractivity contribution in [3.8, 4) is 0 Å². The fourth-order valence-corrected chi connectivity index (χ4v) is 1.55. The number of diazo groups is 2. The molecule has 0 aliphatic heterocycles. The summed E-state index contributed by atoms with van der Waals surface area (Å²) in [5, 5.41) is 16.1. The molecule has 15 heteroatoms. The zero-order chi connectivity index (χ0) is 16.9. The molecule has 0 unspecified atom stereocenters. The Morgan fingerprint density at radius 3 is 1.04 bits per heavy atom. The van der Waals surface area contributed by atoms with Gasteiger partial charge in [-0.25, -0.2) is 17.6 Å². The molecule has 0 bridgehead atoms. The predicted octanol–water partition coefficient (Wildman–Crippen LogP) is -6.69. The minimum absolute atomic E-state index is 0. The van der Waals surface area contributed by atoms with Gasteiger partial charge in [0.15, 0.2) is 33.2 Å². The van der Waals surface area contributed by atoms with Crippen LogP contribution in [0.2, 0.25) is 10.0 Å². The Morgan fingerprint density at radius 1 is 0.593 bits per heavy atom. The molecule has 150 valence electrons. The van der Waals surface area contributed by atoms with Gasteiger partial charge in [-0.2, -0.15) is 0 Å². The molecule has 0 amide bonds. The third kappa shape index (κ3) is 11.2. The number of hydrogen-bond donors (Lipinski definition) is 0. The molecule has 0 spiro atoms. The van der Waals surface area contributed by atoms with E-state index in [0.29, 0.717) is 12.1 Å². The van der Waals surface area contributed by atoms with Gasteiger partial charge in [-0.3, -0.25) is 0 Å². The SMILES string of the molecule is N#[N+]c1cc(F)c(F)cc1Cl.N#[N+]c1cc(F)c(F)cc1Cl.[Cl-].[Cl-].[Cl-].[Cl-].[SnH2]. The van der Waals surface area contributed by atoms with E-state index in [0.717, 1.165) is 12.1 Å². The number of benzene rings is 2. The van der Waals surface area contributed by atoms with E-state index in [1.54, 1.807) is 0 Å². The Hall–Kier alpha value is -0.461. The fraction of sp³-hybridized carbons (Fsp3) is 0. The second-order valence-electron chi connectivity index (χ2n) is 3.64. The first-order valence-electron chi connectivity index (χ1n) is 5.29. The molecule has 0 heterocycles. The summed E-state index contributed by atoms with van der Waals surface area (Å²) in [5.74, 6) is -4.32. The molecule has 27 heavy (non-hydrogen) atoms. The molecule has 0 aliphatic carbocycles. The third-order valence-electron chi connectivity index (χ3n) is 2.19. The third-order valence-corrected chi connectivity index (χ3v) is 2.80. The molecule has 4 nitrogen and oxygen atoms in total. The molecule has 0 fully saturated rings. The van der Waals surface area contributed by atoms with Crippen LogP contribution in [0.25, 0.3) is 9.95 Å². The van der Waals surface area contributed by atoms with Crippen molar-refractivity contribution in [1.29, 1.82) is 10.8 Å². The van der Waals surface area contributed by atoms with Gasteiger partial charge in [0.2, 0.25) is 10.8 Å². The van der Waals surface area contributed by atoms with E-state index in [2.05, 4.69) is 9.95 Å². The van der Waals surface area contributed by atoms with Crippen LogP contribution in [-0.2, 0) is 0 Å². The minimum atomic E-state index is -1.10. The van der Waals surface area contributed by atoms with Crippen molar-refractivity contribution in [3.05, 3.63) is 67.5 Å². The van der Waals surface area contributed by atoms with Crippen molar-refractivity contribution in [2.24, 2.45) is 0 Å². The summed E-state index contributed by atoms with van der Waals surface area (Å²) in [6, 6.07) is 2.90. The monoisotopic (exact) mass is 612 g/mol. The number of nitrogens with zero attached hydrogens (tertiary/aromatic N) is 4. The Balaban J connectivity index is -0.000000101. The van der Waals surface area contributed by atoms with Gasteiger partial charge >= 0.3 is 35.3 Å². The van der Waals surface area contributed by atoms with Crippen molar-refractivity contribution >= 4 is 58.5 Å². The number of halogens is 10. The Labute approximate surface area is 202 Å². The van der Waals surface area contributed by atoms with E-state index in [4.69, 9.17) is 34.0 Å². The van der Waals surface area contributed by atoms with E-state index in [9.17, 15) is 17.6 Å². The van der Waals surface area contributed by atoms with Crippen LogP contribution in [0.4, 0.5) is 28.9 Å². The Morgan fingerprint density at radius 2 is 0.815 bits per heavy atom. The van der Waals surface area contributed by atoms with Gasteiger partial charge in [-0.05, 0) is 0 Å². The van der Waals surface area contributed by atoms with Gasteiger partial charge in [-0.1, -0.05) is 23.2 Å². The molecule has 0 aliphatic rings. The quantitative estimate of drug-likeness (QED) is 0.129. The summed E-state index contributed by atoms with van der Waals surface area (Å²) in [5.41, 5.74) is -0.379. The van der Waals surface area contributed by atoms with Crippen molar-refractivity contribution in [2.75, 3.05) is 0 Å². The summed E-state index contributed by atoms with van der Waals surface area (Å²) in [4.78, 5) is 5.27. The molecule has 0 aromatic heterocycles. The van der Waals surface area contributed by atoms with E-state index in [1.807, 2.05) is 0 Å². The van der Waals surface area contributed by atoms with Gasteiger partial charge < -0.3 is 49.6 Å². The zero-order valence-corrected chi connectivity index (χ0v) is 21.2. The molecule has 0 atom stereocenters. The topological polar surface area (TPSA) is 56.3 Å². The van der Waals surface area contributed by atoms with Crippen LogP contribution in [0.1, 0.15) is 0 Å². The van der Waals surface area contributed by atoms with Gasteiger partial charge in [0.1, 0.15) is 10.0 Å². The van der Waals surface area contributed by atoms with Crippen LogP contribution in [0.15, 0.2) is 24.3 Å². The molecule has 2 rings (SSSR count). The maximum absolute atomic E-state index is 12.3. The van der Waals surface area contributed by atoms with Gasteiger partial charge in [-0.15, -0.1) is 0 Å². The van der Waals surface area contributed by atoms with Crippen molar-refractivity contribution in [3.63, 3.8) is 0 Å². The summed E-state index contributed by atoms with van der Waals surface area (Å²) >= 11 is 10.7. The van der Waals surface area contributed by atoms with E-state index < -0.39 is 23.3 Å². The van der Waals surface area contributed by atoms with Crippen molar-refractivity contribution in [1.82, 2.24) is 0 Å². The molecular formula is C12H6Cl6F4N4Sn-2. The Bertz CT molecular complexity index is 748. The zero-order valence-electron chi connectivity index (χ0n) is 12.6. The normalized spacial score (nSPS) is 7.56. The summed E-state index contributed by atoms with van der Waals surface area (Å²) in [6.45, 7) is 0. The molecule has 0 N–H and O–H groups in total. The maximum atomic E-state index is 12.3. The summed E-state index contributed by atoms with van der Waals surface area (Å²) in [7, 11) is 0. The average Bonchev–Trinajstić information content (AvgIpc) is 2.47. The van der Waals surface area contributed by atoms with Crippen LogP contribution in [0, 0.1) is 34.1 Å². The number of hydrogen-bond acceptors (Lipinski definition) is 2. The second kappa shape index (κ2) is 17.6. The van der Waals surface area contributed by atoms with Gasteiger partial charge in [0.05, 0.1) is 12.1 Å². The molecule has 0 saturated carbocycles. The van der Waals surface area contributed by atoms with Crippen molar-refractivity contribution < 1.29 is 67.2 Å². The average molecular weight is 614 g/mol. The molecule has 2 radical (unpaired) electrons. The number of rotatable bonds is 0. The Kier molecular flexibility index (Phi) is 24.4. The van der Waals surface area contributed by atoms with Crippen LogP contribution < -0.4 is 49.6 Å². The van der Waals surface area contributed by atoms with Crippen LogP contribution >= 0.6 is 23.2 Å². The fourth-order valence-electron chi connectivity index (χ4n) is 1.18. The first-order valence-corrected chi connectivity index (χ1v) is 6.05. The standard InChI is InChI=1S/2C6H2ClF2N2.4ClH.Sn.2H/c2*7-3-1-4(8)5(9)2-6(3)11-10;;;;;;;/h2*1-2H;4*1H;;;/q2*+1;;;;;;;/p-4. The van der Waals surface area contributed by atoms with Crippen molar-refractivity contribution in [2.45, 2.75) is 0 Å². The second-order valence-corrected chi connectivity index (χ2v) is 4.45. The van der Waals surface area contributed by atoms with E-state index in [-0.39, 0.29) is 95.0 Å². The van der Waals surface area contributed by atoms with Gasteiger partial charge in [0.25, 0.3) is 0 Å². The molecule has 2 aromatic rings. The molecule has 2 aromatic carbocycles. The first kappa shape index (κ1) is 37.3. The summed E-state index contributed by atoms with van der Waals surface area (Å²) < 4.78 is 49.3. The van der Waals surface area contributed by atoms with Gasteiger partial charge in [0, 0.05) is 12.1 Å². The van der Waals surface area contributed by atoms with E-state index >= 15 is 0 Å². The van der Waals surface area contributed by atoms with Crippen LogP contribution in [-0.4, -0.2) is 23.9 Å². The predicted molar refractivity (Wildman–Crippen MR) is 80.8 cm³/mol. The molecular weight excluding hydrogens is 608 g/mol. The first-order chi connectivity index (χ1) is 10.3. The van der Waals surface area contributed by atoms with Crippen LogP contribution in [0.3, 0.4) is 0 Å². The molecule has 0 saturated heterocycles. The van der Waals surface area contributed by atoms with E-state index in [1.165, 1.54) is 0 Å².